The third-order valence-corrected chi connectivity index (χ3v) is 3.90. The van der Waals surface area contributed by atoms with E-state index in [2.05, 4.69) is 4.90 Å². The number of nitrogens with zero attached hydrogens (tertiary/aromatic N) is 1. The lowest BCUT2D eigenvalue weighted by molar-refractivity contribution is -0.00158. The van der Waals surface area contributed by atoms with Gasteiger partial charge in [-0.05, 0) is 30.9 Å². The molecular weight excluding hydrogens is 266 g/mol. The predicted molar refractivity (Wildman–Crippen MR) is 83.1 cm³/mol. The maximum Gasteiger partial charge on any atom is 0.0900 e. The highest BCUT2D eigenvalue weighted by molar-refractivity contribution is 5.13. The molecule has 1 aliphatic heterocycles. The van der Waals surface area contributed by atoms with Crippen molar-refractivity contribution < 1.29 is 14.6 Å². The van der Waals surface area contributed by atoms with Crippen LogP contribution in [0, 0.1) is 5.92 Å². The van der Waals surface area contributed by atoms with E-state index in [1.54, 1.807) is 7.11 Å². The largest absolute Gasteiger partial charge is 0.389 e. The summed E-state index contributed by atoms with van der Waals surface area (Å²) >= 11 is 0. The Morgan fingerprint density at radius 2 is 2.14 bits per heavy atom. The van der Waals surface area contributed by atoms with Gasteiger partial charge in [0.05, 0.1) is 25.9 Å². The molecule has 0 radical (unpaired) electrons. The highest BCUT2D eigenvalue weighted by atomic mass is 16.5. The third-order valence-electron chi connectivity index (χ3n) is 3.90. The molecule has 2 unspecified atom stereocenters. The molecule has 2 rings (SSSR count). The molecule has 2 atom stereocenters. The summed E-state index contributed by atoms with van der Waals surface area (Å²) < 4.78 is 10.8. The first-order valence-electron chi connectivity index (χ1n) is 7.79. The first-order chi connectivity index (χ1) is 10.3. The number of β-amino-alcohol motifs (C(OH)–C–C–N with tert-alkyl or cyclic N) is 1. The molecule has 1 N–H and O–H groups in total. The van der Waals surface area contributed by atoms with Crippen molar-refractivity contribution in [3.05, 3.63) is 35.9 Å². The number of rotatable bonds is 8. The maximum atomic E-state index is 10.1. The van der Waals surface area contributed by atoms with Gasteiger partial charge in [-0.3, -0.25) is 0 Å². The molecule has 4 heteroatoms. The molecule has 0 bridgehead atoms. The van der Waals surface area contributed by atoms with Crippen molar-refractivity contribution in [2.45, 2.75) is 25.6 Å². The topological polar surface area (TPSA) is 41.9 Å². The standard InChI is InChI=1S/C17H27NO3/c1-20-12-16-8-5-9-18(10-16)11-17(19)14-21-13-15-6-3-2-4-7-15/h2-4,6-7,16-17,19H,5,8-14H2,1H3. The number of methoxy groups -OCH3 is 1. The minimum absolute atomic E-state index is 0.389. The number of ether oxygens (including phenoxy) is 2. The van der Waals surface area contributed by atoms with E-state index in [4.69, 9.17) is 9.47 Å². The van der Waals surface area contributed by atoms with Crippen molar-refractivity contribution in [2.24, 2.45) is 5.92 Å². The fourth-order valence-electron chi connectivity index (χ4n) is 2.93. The zero-order chi connectivity index (χ0) is 14.9. The molecule has 0 amide bonds. The van der Waals surface area contributed by atoms with Crippen molar-refractivity contribution in [3.8, 4) is 0 Å². The molecule has 1 aromatic rings. The van der Waals surface area contributed by atoms with E-state index >= 15 is 0 Å². The summed E-state index contributed by atoms with van der Waals surface area (Å²) in [4.78, 5) is 2.32. The van der Waals surface area contributed by atoms with Crippen LogP contribution >= 0.6 is 0 Å². The Morgan fingerprint density at radius 1 is 1.33 bits per heavy atom. The lowest BCUT2D eigenvalue weighted by Crippen LogP contribution is -2.42. The fraction of sp³-hybridized carbons (Fsp3) is 0.647. The van der Waals surface area contributed by atoms with Crippen LogP contribution in [0.25, 0.3) is 0 Å². The Hall–Kier alpha value is -0.940. The zero-order valence-electron chi connectivity index (χ0n) is 12.9. The summed E-state index contributed by atoms with van der Waals surface area (Å²) in [5, 5.41) is 10.1. The van der Waals surface area contributed by atoms with E-state index in [0.29, 0.717) is 25.7 Å². The fourth-order valence-corrected chi connectivity index (χ4v) is 2.93. The van der Waals surface area contributed by atoms with Crippen LogP contribution in [0.15, 0.2) is 30.3 Å². The average Bonchev–Trinajstić information content (AvgIpc) is 2.49. The molecule has 1 aliphatic rings. The Morgan fingerprint density at radius 3 is 2.90 bits per heavy atom. The van der Waals surface area contributed by atoms with Crippen molar-refractivity contribution in [2.75, 3.05) is 40.0 Å². The summed E-state index contributed by atoms with van der Waals surface area (Å²) in [5.74, 6) is 0.598. The van der Waals surface area contributed by atoms with E-state index < -0.39 is 6.10 Å². The third kappa shape index (κ3) is 6.14. The van der Waals surface area contributed by atoms with Gasteiger partial charge in [0.2, 0.25) is 0 Å². The van der Waals surface area contributed by atoms with E-state index in [0.717, 1.165) is 25.3 Å². The number of aliphatic hydroxyl groups is 1. The Kier molecular flexibility index (Phi) is 7.16. The molecular formula is C17H27NO3. The van der Waals surface area contributed by atoms with E-state index in [-0.39, 0.29) is 0 Å². The average molecular weight is 293 g/mol. The molecule has 1 fully saturated rings. The van der Waals surface area contributed by atoms with Crippen molar-refractivity contribution in [3.63, 3.8) is 0 Å². The summed E-state index contributed by atoms with van der Waals surface area (Å²) in [6.45, 7) is 4.54. The van der Waals surface area contributed by atoms with E-state index in [1.807, 2.05) is 30.3 Å². The number of piperidine rings is 1. The number of likely N-dealkylation sites (tertiary alicyclic amines) is 1. The van der Waals surface area contributed by atoms with Crippen LogP contribution in [-0.4, -0.2) is 56.1 Å². The van der Waals surface area contributed by atoms with Gasteiger partial charge in [0.25, 0.3) is 0 Å². The molecule has 1 heterocycles. The second-order valence-electron chi connectivity index (χ2n) is 5.88. The molecule has 118 valence electrons. The van der Waals surface area contributed by atoms with Gasteiger partial charge in [-0.2, -0.15) is 0 Å². The summed E-state index contributed by atoms with van der Waals surface area (Å²) in [7, 11) is 1.76. The first-order valence-corrected chi connectivity index (χ1v) is 7.79. The van der Waals surface area contributed by atoms with Crippen molar-refractivity contribution in [1.82, 2.24) is 4.90 Å². The van der Waals surface area contributed by atoms with Gasteiger partial charge in [0, 0.05) is 20.2 Å². The number of aliphatic hydroxyl groups excluding tert-OH is 1. The number of hydrogen-bond donors (Lipinski definition) is 1. The van der Waals surface area contributed by atoms with Crippen LogP contribution in [0.4, 0.5) is 0 Å². The SMILES string of the molecule is COCC1CCCN(CC(O)COCc2ccccc2)C1. The first kappa shape index (κ1) is 16.4. The van der Waals surface area contributed by atoms with Crippen LogP contribution in [0.3, 0.4) is 0 Å². The normalized spacial score (nSPS) is 21.3. The summed E-state index contributed by atoms with van der Waals surface area (Å²) in [6.07, 6.45) is 1.99. The van der Waals surface area contributed by atoms with Crippen LogP contribution in [0.1, 0.15) is 18.4 Å². The van der Waals surface area contributed by atoms with Gasteiger partial charge < -0.3 is 19.5 Å². The molecule has 0 aromatic heterocycles. The molecule has 0 spiro atoms. The second kappa shape index (κ2) is 9.15. The van der Waals surface area contributed by atoms with Gasteiger partial charge in [-0.25, -0.2) is 0 Å². The van der Waals surface area contributed by atoms with E-state index in [9.17, 15) is 5.11 Å². The lowest BCUT2D eigenvalue weighted by atomic mass is 9.99. The van der Waals surface area contributed by atoms with Gasteiger partial charge in [-0.15, -0.1) is 0 Å². The molecule has 4 nitrogen and oxygen atoms in total. The Labute approximate surface area is 127 Å². The lowest BCUT2D eigenvalue weighted by Gasteiger charge is -2.33. The van der Waals surface area contributed by atoms with Crippen LogP contribution in [0.5, 0.6) is 0 Å². The van der Waals surface area contributed by atoms with Crippen LogP contribution in [0.2, 0.25) is 0 Å². The number of hydrogen-bond acceptors (Lipinski definition) is 4. The van der Waals surface area contributed by atoms with Gasteiger partial charge in [0.1, 0.15) is 0 Å². The number of benzene rings is 1. The minimum atomic E-state index is -0.421. The highest BCUT2D eigenvalue weighted by Gasteiger charge is 2.21. The highest BCUT2D eigenvalue weighted by Crippen LogP contribution is 2.16. The molecule has 1 saturated heterocycles. The monoisotopic (exact) mass is 293 g/mol. The van der Waals surface area contributed by atoms with Crippen molar-refractivity contribution in [1.29, 1.82) is 0 Å². The second-order valence-corrected chi connectivity index (χ2v) is 5.88. The molecule has 0 saturated carbocycles. The zero-order valence-corrected chi connectivity index (χ0v) is 12.9. The van der Waals surface area contributed by atoms with E-state index in [1.165, 1.54) is 12.8 Å². The quantitative estimate of drug-likeness (QED) is 0.795. The van der Waals surface area contributed by atoms with Crippen LogP contribution < -0.4 is 0 Å². The maximum absolute atomic E-state index is 10.1. The minimum Gasteiger partial charge on any atom is -0.389 e. The van der Waals surface area contributed by atoms with Gasteiger partial charge in [0.15, 0.2) is 0 Å². The molecule has 0 aliphatic carbocycles. The van der Waals surface area contributed by atoms with Crippen LogP contribution in [-0.2, 0) is 16.1 Å². The Balaban J connectivity index is 1.63. The summed E-state index contributed by atoms with van der Waals surface area (Å²) in [5.41, 5.74) is 1.14. The smallest absolute Gasteiger partial charge is 0.0900 e. The molecule has 21 heavy (non-hydrogen) atoms. The van der Waals surface area contributed by atoms with Gasteiger partial charge >= 0.3 is 0 Å². The van der Waals surface area contributed by atoms with Crippen molar-refractivity contribution >= 4 is 0 Å². The molecule has 1 aromatic carbocycles. The predicted octanol–water partition coefficient (Wildman–Crippen LogP) is 1.92. The summed E-state index contributed by atoms with van der Waals surface area (Å²) in [6, 6.07) is 10.1. The Bertz CT molecular complexity index is 383. The van der Waals surface area contributed by atoms with Gasteiger partial charge in [-0.1, -0.05) is 30.3 Å².